The summed E-state index contributed by atoms with van der Waals surface area (Å²) in [4.78, 5) is 23.4. The lowest BCUT2D eigenvalue weighted by Gasteiger charge is -2.30. The molecule has 2 N–H and O–H groups in total. The first kappa shape index (κ1) is 17.4. The molecule has 0 spiro atoms. The Hall–Kier alpha value is -1.95. The van der Waals surface area contributed by atoms with Crippen LogP contribution < -0.4 is 10.6 Å². The van der Waals surface area contributed by atoms with Crippen LogP contribution in [0, 0.1) is 10.1 Å². The molecule has 1 amide bonds. The highest BCUT2D eigenvalue weighted by Gasteiger charge is 2.27. The molecule has 0 bridgehead atoms. The molecule has 0 aromatic heterocycles. The summed E-state index contributed by atoms with van der Waals surface area (Å²) in [6.07, 6.45) is 1.93. The second-order valence-corrected chi connectivity index (χ2v) is 7.20. The van der Waals surface area contributed by atoms with Crippen molar-refractivity contribution in [2.45, 2.75) is 58.0 Å². The number of carbonyl (C=O) groups is 1. The normalized spacial score (nSPS) is 21.7. The molecule has 126 valence electrons. The van der Waals surface area contributed by atoms with Gasteiger partial charge in [-0.05, 0) is 37.8 Å². The number of nitrogens with one attached hydrogen (secondary N) is 2. The van der Waals surface area contributed by atoms with Gasteiger partial charge in [0, 0.05) is 29.3 Å². The quantitative estimate of drug-likeness (QED) is 0.663. The van der Waals surface area contributed by atoms with Crippen LogP contribution in [-0.4, -0.2) is 29.5 Å². The first-order chi connectivity index (χ1) is 10.7. The van der Waals surface area contributed by atoms with Gasteiger partial charge in [0.05, 0.1) is 4.92 Å². The van der Waals surface area contributed by atoms with Crippen molar-refractivity contribution in [3.05, 3.63) is 39.4 Å². The topological polar surface area (TPSA) is 84.3 Å². The van der Waals surface area contributed by atoms with Crippen LogP contribution in [0.1, 0.15) is 56.5 Å². The van der Waals surface area contributed by atoms with E-state index >= 15 is 0 Å². The van der Waals surface area contributed by atoms with Gasteiger partial charge in [-0.1, -0.05) is 26.8 Å². The molecule has 0 aliphatic carbocycles. The SMILES string of the molecule is CC1NCCCC1NC(=O)c1ccc(C(C)(C)C)c([N+](=O)[O-])c1. The minimum absolute atomic E-state index is 0.0000300. The summed E-state index contributed by atoms with van der Waals surface area (Å²) in [5, 5.41) is 17.7. The van der Waals surface area contributed by atoms with E-state index in [1.165, 1.54) is 6.07 Å². The zero-order valence-corrected chi connectivity index (χ0v) is 14.2. The number of piperidine rings is 1. The Labute approximate surface area is 136 Å². The third kappa shape index (κ3) is 4.07. The van der Waals surface area contributed by atoms with Crippen LogP contribution in [0.15, 0.2) is 18.2 Å². The van der Waals surface area contributed by atoms with Gasteiger partial charge < -0.3 is 10.6 Å². The Morgan fingerprint density at radius 2 is 2.09 bits per heavy atom. The van der Waals surface area contributed by atoms with Crippen LogP contribution >= 0.6 is 0 Å². The highest BCUT2D eigenvalue weighted by Crippen LogP contribution is 2.31. The second kappa shape index (κ2) is 6.66. The number of nitrogens with zero attached hydrogens (tertiary/aromatic N) is 1. The number of nitro benzene ring substituents is 1. The average molecular weight is 319 g/mol. The third-order valence-corrected chi connectivity index (χ3v) is 4.34. The summed E-state index contributed by atoms with van der Waals surface area (Å²) < 4.78 is 0. The van der Waals surface area contributed by atoms with Gasteiger partial charge >= 0.3 is 0 Å². The van der Waals surface area contributed by atoms with Crippen molar-refractivity contribution in [2.75, 3.05) is 6.54 Å². The van der Waals surface area contributed by atoms with Gasteiger partial charge in [-0.3, -0.25) is 14.9 Å². The summed E-state index contributed by atoms with van der Waals surface area (Å²) in [6, 6.07) is 5.00. The van der Waals surface area contributed by atoms with Crippen molar-refractivity contribution < 1.29 is 9.72 Å². The Morgan fingerprint density at radius 1 is 1.39 bits per heavy atom. The lowest BCUT2D eigenvalue weighted by Crippen LogP contribution is -2.51. The molecule has 1 aliphatic heterocycles. The van der Waals surface area contributed by atoms with Gasteiger partial charge in [0.2, 0.25) is 0 Å². The number of hydrogen-bond donors (Lipinski definition) is 2. The molecular weight excluding hydrogens is 294 g/mol. The summed E-state index contributed by atoms with van der Waals surface area (Å²) in [7, 11) is 0. The minimum atomic E-state index is -0.415. The van der Waals surface area contributed by atoms with Crippen molar-refractivity contribution in [3.63, 3.8) is 0 Å². The number of benzene rings is 1. The maximum Gasteiger partial charge on any atom is 0.273 e. The number of carbonyl (C=O) groups excluding carboxylic acids is 1. The molecule has 0 saturated carbocycles. The van der Waals surface area contributed by atoms with E-state index in [9.17, 15) is 14.9 Å². The molecule has 6 heteroatoms. The lowest BCUT2D eigenvalue weighted by atomic mass is 9.85. The minimum Gasteiger partial charge on any atom is -0.348 e. The fourth-order valence-electron chi connectivity index (χ4n) is 2.95. The van der Waals surface area contributed by atoms with Crippen molar-refractivity contribution >= 4 is 11.6 Å². The van der Waals surface area contributed by atoms with Crippen LogP contribution in [0.2, 0.25) is 0 Å². The maximum atomic E-state index is 12.4. The molecule has 0 radical (unpaired) electrons. The molecule has 2 atom stereocenters. The molecule has 1 fully saturated rings. The van der Waals surface area contributed by atoms with Crippen LogP contribution in [0.3, 0.4) is 0 Å². The molecule has 1 aliphatic rings. The Kier molecular flexibility index (Phi) is 5.04. The van der Waals surface area contributed by atoms with E-state index in [1.807, 2.05) is 27.7 Å². The summed E-state index contributed by atoms with van der Waals surface area (Å²) >= 11 is 0. The molecule has 1 heterocycles. The number of nitro groups is 1. The zero-order valence-electron chi connectivity index (χ0n) is 14.2. The van der Waals surface area contributed by atoms with E-state index in [2.05, 4.69) is 10.6 Å². The summed E-state index contributed by atoms with van der Waals surface area (Å²) in [6.45, 7) is 8.76. The Bertz CT molecular complexity index is 608. The van der Waals surface area contributed by atoms with Crippen molar-refractivity contribution in [2.24, 2.45) is 0 Å². The van der Waals surface area contributed by atoms with E-state index in [4.69, 9.17) is 0 Å². The van der Waals surface area contributed by atoms with Gasteiger partial charge in [-0.2, -0.15) is 0 Å². The maximum absolute atomic E-state index is 12.4. The van der Waals surface area contributed by atoms with Crippen molar-refractivity contribution in [1.82, 2.24) is 10.6 Å². The van der Waals surface area contributed by atoms with E-state index in [1.54, 1.807) is 12.1 Å². The highest BCUT2D eigenvalue weighted by molar-refractivity contribution is 5.95. The predicted molar refractivity (Wildman–Crippen MR) is 89.7 cm³/mol. The number of rotatable bonds is 3. The van der Waals surface area contributed by atoms with Crippen LogP contribution in [0.5, 0.6) is 0 Å². The largest absolute Gasteiger partial charge is 0.348 e. The van der Waals surface area contributed by atoms with Crippen molar-refractivity contribution in [1.29, 1.82) is 0 Å². The number of hydrogen-bond acceptors (Lipinski definition) is 4. The molecule has 1 aromatic rings. The van der Waals surface area contributed by atoms with Gasteiger partial charge in [-0.25, -0.2) is 0 Å². The highest BCUT2D eigenvalue weighted by atomic mass is 16.6. The molecule has 1 saturated heterocycles. The first-order valence-corrected chi connectivity index (χ1v) is 8.03. The summed E-state index contributed by atoms with van der Waals surface area (Å²) in [5.41, 5.74) is 0.619. The smallest absolute Gasteiger partial charge is 0.273 e. The van der Waals surface area contributed by atoms with Crippen LogP contribution in [-0.2, 0) is 5.41 Å². The van der Waals surface area contributed by atoms with E-state index in [0.717, 1.165) is 19.4 Å². The van der Waals surface area contributed by atoms with E-state index < -0.39 is 4.92 Å². The van der Waals surface area contributed by atoms with Gasteiger partial charge in [0.1, 0.15) is 0 Å². The van der Waals surface area contributed by atoms with Crippen LogP contribution in [0.25, 0.3) is 0 Å². The second-order valence-electron chi connectivity index (χ2n) is 7.20. The Morgan fingerprint density at radius 3 is 2.65 bits per heavy atom. The van der Waals surface area contributed by atoms with E-state index in [0.29, 0.717) is 11.1 Å². The van der Waals surface area contributed by atoms with Crippen LogP contribution in [0.4, 0.5) is 5.69 Å². The van der Waals surface area contributed by atoms with Gasteiger partial charge in [0.15, 0.2) is 0 Å². The fraction of sp³-hybridized carbons (Fsp3) is 0.588. The molecular formula is C17H25N3O3. The van der Waals surface area contributed by atoms with Gasteiger partial charge in [-0.15, -0.1) is 0 Å². The first-order valence-electron chi connectivity index (χ1n) is 8.03. The average Bonchev–Trinajstić information content (AvgIpc) is 2.48. The van der Waals surface area contributed by atoms with Crippen molar-refractivity contribution in [3.8, 4) is 0 Å². The lowest BCUT2D eigenvalue weighted by molar-refractivity contribution is -0.386. The molecule has 1 aromatic carbocycles. The predicted octanol–water partition coefficient (Wildman–Crippen LogP) is 2.76. The molecule has 6 nitrogen and oxygen atoms in total. The molecule has 23 heavy (non-hydrogen) atoms. The fourth-order valence-corrected chi connectivity index (χ4v) is 2.95. The number of amides is 1. The monoisotopic (exact) mass is 319 g/mol. The molecule has 2 unspecified atom stereocenters. The third-order valence-electron chi connectivity index (χ3n) is 4.34. The molecule has 2 rings (SSSR count). The van der Waals surface area contributed by atoms with E-state index in [-0.39, 0.29) is 29.1 Å². The zero-order chi connectivity index (χ0) is 17.2. The Balaban J connectivity index is 2.24. The van der Waals surface area contributed by atoms with Gasteiger partial charge in [0.25, 0.3) is 11.6 Å². The standard InChI is InChI=1S/C17H25N3O3/c1-11-14(6-5-9-18-11)19-16(21)12-7-8-13(17(2,3)4)15(10-12)20(22)23/h7-8,10-11,14,18H,5-6,9H2,1-4H3,(H,19,21). The summed E-state index contributed by atoms with van der Waals surface area (Å²) in [5.74, 6) is -0.255.